The molecule has 1 heterocycles. The molecule has 0 saturated heterocycles. The second-order valence-corrected chi connectivity index (χ2v) is 14.2. The molecule has 1 aromatic heterocycles. The molecular weight excluding hydrogens is 619 g/mol. The third-order valence-corrected chi connectivity index (χ3v) is 9.13. The zero-order valence-corrected chi connectivity index (χ0v) is 31.3. The van der Waals surface area contributed by atoms with Crippen LogP contribution in [0.4, 0.5) is 32.9 Å². The van der Waals surface area contributed by atoms with Crippen molar-refractivity contribution in [2.45, 2.75) is 107 Å². The van der Waals surface area contributed by atoms with Gasteiger partial charge in [-0.2, -0.15) is 0 Å². The number of thiazole rings is 1. The second-order valence-electron chi connectivity index (χ2n) is 13.2. The fraction of sp³-hybridized carbons (Fsp3) is 0.579. The number of carbonyl (C=O) groups is 1. The van der Waals surface area contributed by atoms with Crippen molar-refractivity contribution < 1.29 is 9.53 Å². The van der Waals surface area contributed by atoms with Crippen LogP contribution in [0, 0.1) is 24.7 Å². The molecule has 0 aliphatic carbocycles. The molecule has 48 heavy (non-hydrogen) atoms. The number of nitrogens with zero attached hydrogens (tertiary/aromatic N) is 6. The Balaban J connectivity index is 1.85. The lowest BCUT2D eigenvalue weighted by Crippen LogP contribution is -2.34. The molecule has 3 aromatic rings. The highest BCUT2D eigenvalue weighted by atomic mass is 32.1. The Kier molecular flexibility index (Phi) is 16.7. The number of carbonyl (C=O) groups excluding carboxylic acids is 1. The van der Waals surface area contributed by atoms with Gasteiger partial charge in [0, 0.05) is 25.7 Å². The third kappa shape index (κ3) is 13.1. The van der Waals surface area contributed by atoms with Crippen LogP contribution in [0.2, 0.25) is 0 Å². The lowest BCUT2D eigenvalue weighted by molar-refractivity contribution is -0.114. The van der Waals surface area contributed by atoms with E-state index in [1.54, 1.807) is 6.20 Å². The van der Waals surface area contributed by atoms with Crippen LogP contribution < -0.4 is 15.0 Å². The molecule has 2 atom stereocenters. The zero-order chi connectivity index (χ0) is 34.9. The van der Waals surface area contributed by atoms with E-state index in [1.165, 1.54) is 56.8 Å². The predicted octanol–water partition coefficient (Wildman–Crippen LogP) is 12.5. The average molecular weight is 676 g/mol. The number of amides is 1. The number of ether oxygens (including phenoxy) is 1. The molecule has 1 amide bonds. The van der Waals surface area contributed by atoms with E-state index in [4.69, 9.17) is 4.74 Å². The Morgan fingerprint density at radius 3 is 2.17 bits per heavy atom. The SMILES string of the molecule is CCCCC(CC)CN(CC(CC)CCCC)c1ccc(N=Nc2ncc(N=Nc3cc(C)ccc3OCC(C)C)s2)c(NC(C)=O)c1. The van der Waals surface area contributed by atoms with Crippen LogP contribution in [-0.4, -0.2) is 30.6 Å². The molecule has 0 aliphatic rings. The minimum atomic E-state index is -0.149. The average Bonchev–Trinajstić information content (AvgIpc) is 3.53. The molecule has 0 bridgehead atoms. The summed E-state index contributed by atoms with van der Waals surface area (Å²) in [6.07, 6.45) is 11.3. The molecule has 0 fully saturated rings. The Labute approximate surface area is 292 Å². The number of hydrogen-bond donors (Lipinski definition) is 1. The number of unbranched alkanes of at least 4 members (excludes halogenated alkanes) is 2. The molecule has 262 valence electrons. The van der Waals surface area contributed by atoms with Crippen LogP contribution in [-0.2, 0) is 4.79 Å². The van der Waals surface area contributed by atoms with E-state index in [-0.39, 0.29) is 5.91 Å². The maximum absolute atomic E-state index is 12.3. The quantitative estimate of drug-likeness (QED) is 0.113. The van der Waals surface area contributed by atoms with Gasteiger partial charge in [-0.3, -0.25) is 4.79 Å². The normalized spacial score (nSPS) is 13.0. The lowest BCUT2D eigenvalue weighted by Gasteiger charge is -2.33. The van der Waals surface area contributed by atoms with Crippen LogP contribution in [0.5, 0.6) is 5.75 Å². The maximum Gasteiger partial charge on any atom is 0.232 e. The van der Waals surface area contributed by atoms with E-state index in [0.717, 1.165) is 37.2 Å². The van der Waals surface area contributed by atoms with Crippen LogP contribution in [0.1, 0.15) is 105 Å². The highest BCUT2D eigenvalue weighted by molar-refractivity contribution is 7.18. The van der Waals surface area contributed by atoms with Gasteiger partial charge in [-0.1, -0.05) is 97.5 Å². The third-order valence-electron chi connectivity index (χ3n) is 8.37. The van der Waals surface area contributed by atoms with Crippen LogP contribution in [0.25, 0.3) is 0 Å². The van der Waals surface area contributed by atoms with Gasteiger partial charge in [-0.25, -0.2) is 4.98 Å². The lowest BCUT2D eigenvalue weighted by atomic mass is 9.95. The standard InChI is InChI=1S/C38H57N7O2S/c1-9-13-15-30(11-3)24-45(25-31(12-4)16-14-10-2)32-18-19-33(34(22-32)40-29(8)46)41-44-38-39-23-37(48-38)43-42-35-21-28(7)17-20-36(35)47-26-27(5)6/h17-23,27,30-31H,9-16,24-26H2,1-8H3,(H,40,46). The van der Waals surface area contributed by atoms with Crippen molar-refractivity contribution in [3.8, 4) is 5.75 Å². The van der Waals surface area contributed by atoms with Crippen LogP contribution >= 0.6 is 11.3 Å². The first-order valence-corrected chi connectivity index (χ1v) is 18.7. The van der Waals surface area contributed by atoms with Crippen molar-refractivity contribution in [3.63, 3.8) is 0 Å². The number of aryl methyl sites for hydroxylation is 1. The van der Waals surface area contributed by atoms with Gasteiger partial charge in [0.25, 0.3) is 0 Å². The Hall–Kier alpha value is -3.66. The van der Waals surface area contributed by atoms with Gasteiger partial charge in [0.05, 0.1) is 18.5 Å². The smallest absolute Gasteiger partial charge is 0.232 e. The number of benzene rings is 2. The van der Waals surface area contributed by atoms with E-state index in [2.05, 4.69) is 89.3 Å². The summed E-state index contributed by atoms with van der Waals surface area (Å²) in [6.45, 7) is 19.5. The van der Waals surface area contributed by atoms with Gasteiger partial charge >= 0.3 is 0 Å². The fourth-order valence-electron chi connectivity index (χ4n) is 5.47. The minimum Gasteiger partial charge on any atom is -0.491 e. The summed E-state index contributed by atoms with van der Waals surface area (Å²) in [5.74, 6) is 2.20. The molecule has 0 spiro atoms. The number of aromatic nitrogens is 1. The fourth-order valence-corrected chi connectivity index (χ4v) is 6.04. The number of azo groups is 2. The monoisotopic (exact) mass is 675 g/mol. The summed E-state index contributed by atoms with van der Waals surface area (Å²) in [5, 5.41) is 21.8. The molecule has 1 N–H and O–H groups in total. The topological polar surface area (TPSA) is 104 Å². The summed E-state index contributed by atoms with van der Waals surface area (Å²) >= 11 is 1.29. The van der Waals surface area contributed by atoms with Gasteiger partial charge in [-0.05, 0) is 73.4 Å². The van der Waals surface area contributed by atoms with E-state index < -0.39 is 0 Å². The van der Waals surface area contributed by atoms with Gasteiger partial charge < -0.3 is 15.0 Å². The van der Waals surface area contributed by atoms with Crippen molar-refractivity contribution in [3.05, 3.63) is 48.2 Å². The number of rotatable bonds is 21. The number of nitrogens with one attached hydrogen (secondary N) is 1. The Bertz CT molecular complexity index is 1450. The highest BCUT2D eigenvalue weighted by Gasteiger charge is 2.19. The first-order chi connectivity index (χ1) is 23.1. The van der Waals surface area contributed by atoms with Crippen molar-refractivity contribution >= 4 is 50.1 Å². The Morgan fingerprint density at radius 1 is 0.896 bits per heavy atom. The largest absolute Gasteiger partial charge is 0.491 e. The second kappa shape index (κ2) is 20.6. The summed E-state index contributed by atoms with van der Waals surface area (Å²) in [5.41, 5.74) is 4.07. The zero-order valence-electron chi connectivity index (χ0n) is 30.5. The van der Waals surface area contributed by atoms with Crippen LogP contribution in [0.15, 0.2) is 63.1 Å². The number of anilines is 2. The predicted molar refractivity (Wildman–Crippen MR) is 202 cm³/mol. The van der Waals surface area contributed by atoms with E-state index >= 15 is 0 Å². The van der Waals surface area contributed by atoms with Crippen molar-refractivity contribution in [1.82, 2.24) is 4.98 Å². The highest BCUT2D eigenvalue weighted by Crippen LogP contribution is 2.36. The van der Waals surface area contributed by atoms with Gasteiger partial charge in [0.15, 0.2) is 5.00 Å². The molecule has 2 aromatic carbocycles. The summed E-state index contributed by atoms with van der Waals surface area (Å²) in [7, 11) is 0. The van der Waals surface area contributed by atoms with Crippen LogP contribution in [0.3, 0.4) is 0 Å². The molecular formula is C38H57N7O2S. The van der Waals surface area contributed by atoms with Crippen molar-refractivity contribution in [2.75, 3.05) is 29.9 Å². The van der Waals surface area contributed by atoms with E-state index in [0.29, 0.717) is 57.3 Å². The van der Waals surface area contributed by atoms with Gasteiger partial charge in [0.2, 0.25) is 11.0 Å². The molecule has 0 saturated carbocycles. The molecule has 2 unspecified atom stereocenters. The molecule has 10 heteroatoms. The maximum atomic E-state index is 12.3. The van der Waals surface area contributed by atoms with Crippen molar-refractivity contribution in [1.29, 1.82) is 0 Å². The number of hydrogen-bond acceptors (Lipinski definition) is 9. The first kappa shape index (κ1) is 38.8. The molecule has 0 radical (unpaired) electrons. The van der Waals surface area contributed by atoms with Crippen molar-refractivity contribution in [2.24, 2.45) is 38.2 Å². The molecule has 0 aliphatic heterocycles. The summed E-state index contributed by atoms with van der Waals surface area (Å²) in [4.78, 5) is 19.2. The van der Waals surface area contributed by atoms with Gasteiger partial charge in [-0.15, -0.1) is 20.5 Å². The van der Waals surface area contributed by atoms with E-state index in [1.807, 2.05) is 31.2 Å². The first-order valence-electron chi connectivity index (χ1n) is 17.8. The van der Waals surface area contributed by atoms with E-state index in [9.17, 15) is 4.79 Å². The summed E-state index contributed by atoms with van der Waals surface area (Å²) in [6, 6.07) is 12.0. The summed E-state index contributed by atoms with van der Waals surface area (Å²) < 4.78 is 5.94. The van der Waals surface area contributed by atoms with Gasteiger partial charge in [0.1, 0.15) is 17.1 Å². The molecule has 3 rings (SSSR count). The Morgan fingerprint density at radius 2 is 1.56 bits per heavy atom. The minimum absolute atomic E-state index is 0.149. The molecule has 9 nitrogen and oxygen atoms in total.